The van der Waals surface area contributed by atoms with Crippen LogP contribution in [0, 0.1) is 5.82 Å². The Hall–Kier alpha value is -2.36. The van der Waals surface area contributed by atoms with E-state index in [9.17, 15) is 27.2 Å². The molecule has 26 heavy (non-hydrogen) atoms. The Morgan fingerprint density at radius 1 is 1.12 bits per heavy atom. The van der Waals surface area contributed by atoms with E-state index in [1.165, 1.54) is 37.4 Å². The lowest BCUT2D eigenvalue weighted by molar-refractivity contribution is -0.283. The highest BCUT2D eigenvalue weighted by atomic mass is 19.4. The Kier molecular flexibility index (Phi) is 7.81. The van der Waals surface area contributed by atoms with Gasteiger partial charge in [0.15, 0.2) is 0 Å². The molecule has 0 spiro atoms. The fourth-order valence-corrected chi connectivity index (χ4v) is 2.08. The van der Waals surface area contributed by atoms with Crippen LogP contribution in [-0.4, -0.2) is 43.7 Å². The van der Waals surface area contributed by atoms with E-state index in [4.69, 9.17) is 0 Å². The maximum Gasteiger partial charge on any atom is 0.448 e. The van der Waals surface area contributed by atoms with E-state index in [1.807, 2.05) is 0 Å². The highest BCUT2D eigenvalue weighted by molar-refractivity contribution is 5.87. The number of esters is 1. The molecule has 0 heterocycles. The first-order valence-electron chi connectivity index (χ1n) is 7.85. The maximum absolute atomic E-state index is 13.5. The number of hydrogen-bond donors (Lipinski definition) is 2. The van der Waals surface area contributed by atoms with Gasteiger partial charge in [-0.05, 0) is 31.9 Å². The third-order valence-corrected chi connectivity index (χ3v) is 3.25. The van der Waals surface area contributed by atoms with E-state index >= 15 is 0 Å². The molecule has 1 aromatic carbocycles. The Bertz CT molecular complexity index is 625. The fraction of sp³-hybridized carbons (Fsp3) is 0.500. The van der Waals surface area contributed by atoms with Gasteiger partial charge in [-0.2, -0.15) is 13.2 Å². The molecule has 10 heteroatoms. The zero-order valence-corrected chi connectivity index (χ0v) is 14.3. The van der Waals surface area contributed by atoms with Gasteiger partial charge >= 0.3 is 23.9 Å². The molecule has 0 radical (unpaired) electrons. The number of ether oxygens (including phenoxy) is 2. The fourth-order valence-electron chi connectivity index (χ4n) is 2.08. The number of urea groups is 1. The number of hydrogen-bond acceptors (Lipinski definition) is 4. The van der Waals surface area contributed by atoms with Gasteiger partial charge in [0, 0.05) is 13.2 Å². The van der Waals surface area contributed by atoms with Crippen LogP contribution in [-0.2, 0) is 20.7 Å². The Morgan fingerprint density at radius 2 is 1.77 bits per heavy atom. The van der Waals surface area contributed by atoms with Gasteiger partial charge in [-0.25, -0.2) is 14.0 Å². The van der Waals surface area contributed by atoms with Gasteiger partial charge in [0.25, 0.3) is 0 Å². The molecule has 0 aliphatic heterocycles. The van der Waals surface area contributed by atoms with Crippen molar-refractivity contribution in [1.29, 1.82) is 0 Å². The van der Waals surface area contributed by atoms with Crippen LogP contribution < -0.4 is 10.6 Å². The van der Waals surface area contributed by atoms with E-state index < -0.39 is 36.3 Å². The third-order valence-electron chi connectivity index (χ3n) is 3.25. The predicted octanol–water partition coefficient (Wildman–Crippen LogP) is 2.53. The molecule has 0 fully saturated rings. The van der Waals surface area contributed by atoms with Crippen molar-refractivity contribution in [2.24, 2.45) is 0 Å². The number of nitrogens with one attached hydrogen (secondary N) is 2. The predicted molar refractivity (Wildman–Crippen MR) is 83.7 cm³/mol. The van der Waals surface area contributed by atoms with E-state index in [0.717, 1.165) is 0 Å². The Balaban J connectivity index is 2.81. The summed E-state index contributed by atoms with van der Waals surface area (Å²) in [6, 6.07) is 4.47. The van der Waals surface area contributed by atoms with Gasteiger partial charge in [0.1, 0.15) is 5.82 Å². The minimum absolute atomic E-state index is 0.0488. The zero-order valence-electron chi connectivity index (χ0n) is 14.3. The summed E-state index contributed by atoms with van der Waals surface area (Å²) in [4.78, 5) is 23.7. The molecule has 146 valence electrons. The van der Waals surface area contributed by atoms with Crippen LogP contribution in [0.5, 0.6) is 0 Å². The molecular formula is C16H20F4N2O4. The first-order valence-corrected chi connectivity index (χ1v) is 7.85. The molecule has 0 aromatic heterocycles. The summed E-state index contributed by atoms with van der Waals surface area (Å²) in [5.41, 5.74) is -3.34. The van der Waals surface area contributed by atoms with Crippen molar-refractivity contribution < 1.29 is 36.6 Å². The first-order chi connectivity index (χ1) is 12.2. The summed E-state index contributed by atoms with van der Waals surface area (Å²) in [7, 11) is 0. The molecule has 0 aliphatic carbocycles. The largest absolute Gasteiger partial charge is 0.462 e. The molecule has 0 saturated carbocycles. The minimum atomic E-state index is -5.25. The highest BCUT2D eigenvalue weighted by Crippen LogP contribution is 2.33. The lowest BCUT2D eigenvalue weighted by Gasteiger charge is -2.33. The monoisotopic (exact) mass is 380 g/mol. The van der Waals surface area contributed by atoms with Crippen LogP contribution in [0.25, 0.3) is 0 Å². The van der Waals surface area contributed by atoms with Crippen molar-refractivity contribution in [1.82, 2.24) is 10.6 Å². The van der Waals surface area contributed by atoms with Crippen molar-refractivity contribution in [3.63, 3.8) is 0 Å². The second-order valence-electron chi connectivity index (χ2n) is 5.05. The van der Waals surface area contributed by atoms with Crippen LogP contribution in [0.3, 0.4) is 0 Å². The van der Waals surface area contributed by atoms with E-state index in [-0.39, 0.29) is 25.1 Å². The van der Waals surface area contributed by atoms with Crippen molar-refractivity contribution >= 4 is 12.0 Å². The minimum Gasteiger partial charge on any atom is -0.462 e. The van der Waals surface area contributed by atoms with Gasteiger partial charge in [0.2, 0.25) is 0 Å². The third kappa shape index (κ3) is 5.32. The lowest BCUT2D eigenvalue weighted by Crippen LogP contribution is -2.67. The number of benzene rings is 1. The second kappa shape index (κ2) is 9.37. The molecule has 1 atom stereocenters. The summed E-state index contributed by atoms with van der Waals surface area (Å²) in [5.74, 6) is -2.28. The molecular weight excluding hydrogens is 360 g/mol. The average Bonchev–Trinajstić information content (AvgIpc) is 2.55. The van der Waals surface area contributed by atoms with Crippen molar-refractivity contribution in [3.8, 4) is 0 Å². The molecule has 0 saturated heterocycles. The highest BCUT2D eigenvalue weighted by Gasteiger charge is 2.64. The van der Waals surface area contributed by atoms with Crippen molar-refractivity contribution in [2.45, 2.75) is 32.2 Å². The molecule has 6 nitrogen and oxygen atoms in total. The van der Waals surface area contributed by atoms with Gasteiger partial charge in [-0.3, -0.25) is 5.32 Å². The smallest absolute Gasteiger partial charge is 0.448 e. The number of rotatable bonds is 8. The molecule has 1 rings (SSSR count). The quantitative estimate of drug-likeness (QED) is 0.413. The van der Waals surface area contributed by atoms with Crippen molar-refractivity contribution in [3.05, 3.63) is 35.6 Å². The molecule has 2 amide bonds. The maximum atomic E-state index is 13.5. The van der Waals surface area contributed by atoms with Crippen LogP contribution in [0.1, 0.15) is 19.4 Å². The SMILES string of the molecule is CCOC(=O)C(NC(=O)NCCc1ccccc1F)(OCC)C(F)(F)F. The number of carbonyl (C=O) groups excluding carboxylic acids is 2. The summed E-state index contributed by atoms with van der Waals surface area (Å²) in [5, 5.41) is 3.63. The van der Waals surface area contributed by atoms with Crippen molar-refractivity contribution in [2.75, 3.05) is 19.8 Å². The van der Waals surface area contributed by atoms with Gasteiger partial charge < -0.3 is 14.8 Å². The normalized spacial score (nSPS) is 13.6. The van der Waals surface area contributed by atoms with Crippen LogP contribution in [0.15, 0.2) is 24.3 Å². The van der Waals surface area contributed by atoms with Gasteiger partial charge in [-0.1, -0.05) is 18.2 Å². The number of alkyl halides is 3. The standard InChI is InChI=1S/C16H20F4N2O4/c1-3-25-13(23)15(26-4-2,16(18,19)20)22-14(24)21-10-9-11-7-5-6-8-12(11)17/h5-8H,3-4,9-10H2,1-2H3,(H2,21,22,24). The molecule has 0 bridgehead atoms. The number of amides is 2. The average molecular weight is 380 g/mol. The van der Waals surface area contributed by atoms with Crippen LogP contribution >= 0.6 is 0 Å². The summed E-state index contributed by atoms with van der Waals surface area (Å²) < 4.78 is 62.7. The first kappa shape index (κ1) is 21.7. The second-order valence-corrected chi connectivity index (χ2v) is 5.05. The summed E-state index contributed by atoms with van der Waals surface area (Å²) in [6.45, 7) is 1.56. The summed E-state index contributed by atoms with van der Waals surface area (Å²) in [6.07, 6.45) is -5.20. The van der Waals surface area contributed by atoms with E-state index in [1.54, 1.807) is 6.07 Å². The lowest BCUT2D eigenvalue weighted by atomic mass is 10.1. The Labute approximate surface area is 147 Å². The topological polar surface area (TPSA) is 76.7 Å². The molecule has 1 unspecified atom stereocenters. The Morgan fingerprint density at radius 3 is 2.31 bits per heavy atom. The molecule has 2 N–H and O–H groups in total. The van der Waals surface area contributed by atoms with Crippen LogP contribution in [0.2, 0.25) is 0 Å². The van der Waals surface area contributed by atoms with E-state index in [2.05, 4.69) is 14.8 Å². The molecule has 1 aromatic rings. The summed E-state index contributed by atoms with van der Waals surface area (Å²) >= 11 is 0. The van der Waals surface area contributed by atoms with Crippen LogP contribution in [0.4, 0.5) is 22.4 Å². The zero-order chi connectivity index (χ0) is 19.8. The van der Waals surface area contributed by atoms with Gasteiger partial charge in [0.05, 0.1) is 6.61 Å². The van der Waals surface area contributed by atoms with E-state index in [0.29, 0.717) is 0 Å². The van der Waals surface area contributed by atoms with Gasteiger partial charge in [-0.15, -0.1) is 0 Å². The number of carbonyl (C=O) groups is 2. The number of halogens is 4. The molecule has 0 aliphatic rings.